The number of nitrogens with zero attached hydrogens (tertiary/aromatic N) is 5. The number of β-amino-alcohol motifs (C(OH)–C–C–N with tert-alkyl or cyclic N) is 1. The summed E-state index contributed by atoms with van der Waals surface area (Å²) in [5.74, 6) is 0.0764. The highest BCUT2D eigenvalue weighted by molar-refractivity contribution is 5.81. The van der Waals surface area contributed by atoms with Crippen molar-refractivity contribution in [2.24, 2.45) is 5.92 Å². The van der Waals surface area contributed by atoms with Gasteiger partial charge < -0.3 is 25.5 Å². The van der Waals surface area contributed by atoms with Gasteiger partial charge in [-0.1, -0.05) is 0 Å². The van der Waals surface area contributed by atoms with Crippen LogP contribution in [-0.4, -0.2) is 66.2 Å². The Morgan fingerprint density at radius 3 is 2.64 bits per heavy atom. The fraction of sp³-hybridized carbons (Fsp3) is 0.346. The summed E-state index contributed by atoms with van der Waals surface area (Å²) in [6, 6.07) is 11.8. The molecule has 4 heterocycles. The first-order valence-electron chi connectivity index (χ1n) is 12.0. The van der Waals surface area contributed by atoms with Gasteiger partial charge in [-0.15, -0.1) is 0 Å². The Morgan fingerprint density at radius 2 is 1.92 bits per heavy atom. The Balaban J connectivity index is 1.31. The zero-order valence-corrected chi connectivity index (χ0v) is 19.8. The zero-order chi connectivity index (χ0) is 25.1. The molecule has 1 fully saturated rings. The third-order valence-electron chi connectivity index (χ3n) is 6.68. The minimum Gasteiger partial charge on any atom is -0.395 e. The third kappa shape index (κ3) is 5.21. The molecule has 0 amide bonds. The lowest BCUT2D eigenvalue weighted by molar-refractivity contribution is 0.0515. The Kier molecular flexibility index (Phi) is 7.19. The van der Waals surface area contributed by atoms with Crippen LogP contribution >= 0.6 is 0 Å². The molecule has 1 saturated heterocycles. The molecule has 0 aliphatic carbocycles. The summed E-state index contributed by atoms with van der Waals surface area (Å²) in [7, 11) is 0. The molecule has 0 spiro atoms. The molecule has 10 heteroatoms. The highest BCUT2D eigenvalue weighted by Gasteiger charge is 2.27. The molecule has 0 radical (unpaired) electrons. The van der Waals surface area contributed by atoms with Gasteiger partial charge >= 0.3 is 0 Å². The van der Waals surface area contributed by atoms with E-state index in [1.165, 1.54) is 10.7 Å². The van der Waals surface area contributed by atoms with Crippen molar-refractivity contribution in [2.45, 2.75) is 25.6 Å². The summed E-state index contributed by atoms with van der Waals surface area (Å²) in [5, 5.41) is 37.3. The Bertz CT molecular complexity index is 1340. The Morgan fingerprint density at radius 1 is 1.08 bits per heavy atom. The quantitative estimate of drug-likeness (QED) is 0.296. The maximum Gasteiger partial charge on any atom is 0.148 e. The SMILES string of the molecule is OCCN1CCC([C@@H](O)c2ccc3cnc(Nc4ccc(-n5ccc(CO)n5)cc4F)cc3n2)CC1. The van der Waals surface area contributed by atoms with Crippen LogP contribution in [0.15, 0.2) is 54.9 Å². The van der Waals surface area contributed by atoms with Crippen molar-refractivity contribution in [3.8, 4) is 5.69 Å². The van der Waals surface area contributed by atoms with Crippen molar-refractivity contribution in [1.29, 1.82) is 0 Å². The molecule has 3 aromatic heterocycles. The van der Waals surface area contributed by atoms with Gasteiger partial charge in [0.2, 0.25) is 0 Å². The summed E-state index contributed by atoms with van der Waals surface area (Å²) in [6.07, 6.45) is 4.35. The van der Waals surface area contributed by atoms with E-state index in [9.17, 15) is 14.6 Å². The molecular formula is C26H29FN6O3. The minimum atomic E-state index is -0.672. The van der Waals surface area contributed by atoms with Crippen LogP contribution in [0.2, 0.25) is 0 Å². The van der Waals surface area contributed by atoms with Crippen LogP contribution in [0.5, 0.6) is 0 Å². The van der Waals surface area contributed by atoms with Gasteiger partial charge in [0.05, 0.1) is 47.6 Å². The Labute approximate surface area is 207 Å². The van der Waals surface area contributed by atoms with E-state index < -0.39 is 11.9 Å². The van der Waals surface area contributed by atoms with Crippen LogP contribution in [0.3, 0.4) is 0 Å². The first kappa shape index (κ1) is 24.3. The second-order valence-corrected chi connectivity index (χ2v) is 9.04. The fourth-order valence-electron chi connectivity index (χ4n) is 4.62. The van der Waals surface area contributed by atoms with E-state index >= 15 is 0 Å². The molecule has 9 nitrogen and oxygen atoms in total. The van der Waals surface area contributed by atoms with E-state index in [1.54, 1.807) is 36.7 Å². The van der Waals surface area contributed by atoms with E-state index in [1.807, 2.05) is 12.1 Å². The van der Waals surface area contributed by atoms with Crippen LogP contribution in [0.25, 0.3) is 16.6 Å². The summed E-state index contributed by atoms with van der Waals surface area (Å²) in [6.45, 7) is 2.33. The van der Waals surface area contributed by atoms with Crippen LogP contribution in [0, 0.1) is 11.7 Å². The predicted molar refractivity (Wildman–Crippen MR) is 133 cm³/mol. The molecule has 4 N–H and O–H groups in total. The van der Waals surface area contributed by atoms with Crippen LogP contribution in [0.1, 0.15) is 30.3 Å². The molecule has 36 heavy (non-hydrogen) atoms. The molecule has 1 aromatic carbocycles. The van der Waals surface area contributed by atoms with Crippen molar-refractivity contribution in [3.05, 3.63) is 72.1 Å². The largest absolute Gasteiger partial charge is 0.395 e. The lowest BCUT2D eigenvalue weighted by Gasteiger charge is -2.33. The third-order valence-corrected chi connectivity index (χ3v) is 6.68. The smallest absolute Gasteiger partial charge is 0.148 e. The average Bonchev–Trinajstić information content (AvgIpc) is 3.39. The summed E-state index contributed by atoms with van der Waals surface area (Å²) < 4.78 is 16.3. The maximum atomic E-state index is 14.8. The van der Waals surface area contributed by atoms with Crippen molar-refractivity contribution in [2.75, 3.05) is 31.6 Å². The monoisotopic (exact) mass is 492 g/mol. The zero-order valence-electron chi connectivity index (χ0n) is 19.8. The summed E-state index contributed by atoms with van der Waals surface area (Å²) in [4.78, 5) is 11.3. The lowest BCUT2D eigenvalue weighted by Crippen LogP contribution is -2.37. The van der Waals surface area contributed by atoms with E-state index in [-0.39, 0.29) is 24.8 Å². The number of hydrogen-bond acceptors (Lipinski definition) is 8. The van der Waals surface area contributed by atoms with Crippen molar-refractivity contribution >= 4 is 22.4 Å². The van der Waals surface area contributed by atoms with Crippen LogP contribution in [0.4, 0.5) is 15.9 Å². The molecule has 0 saturated carbocycles. The van der Waals surface area contributed by atoms with Gasteiger partial charge in [0, 0.05) is 36.5 Å². The second-order valence-electron chi connectivity index (χ2n) is 9.04. The molecule has 1 aliphatic rings. The highest BCUT2D eigenvalue weighted by Crippen LogP contribution is 2.31. The Hall–Kier alpha value is -3.44. The van der Waals surface area contributed by atoms with Gasteiger partial charge in [-0.05, 0) is 62.2 Å². The first-order valence-corrected chi connectivity index (χ1v) is 12.0. The molecule has 1 aliphatic heterocycles. The summed E-state index contributed by atoms with van der Waals surface area (Å²) >= 11 is 0. The average molecular weight is 493 g/mol. The topological polar surface area (TPSA) is 120 Å². The standard InChI is InChI=1S/C26H29FN6O3/c27-21-13-20(33-10-7-19(16-35)31-33)2-4-22(21)30-25-14-24-18(15-28-25)1-3-23(29-24)26(36)17-5-8-32(9-6-17)11-12-34/h1-4,7,10,13-15,17,26,34-36H,5-6,8-9,11-12,16H2,(H,28,30)/t26-/m1/s1. The summed E-state index contributed by atoms with van der Waals surface area (Å²) in [5.41, 5.74) is 2.56. The number of benzene rings is 1. The maximum absolute atomic E-state index is 14.8. The molecule has 4 aromatic rings. The number of pyridine rings is 2. The van der Waals surface area contributed by atoms with Crippen LogP contribution < -0.4 is 5.32 Å². The lowest BCUT2D eigenvalue weighted by atomic mass is 9.89. The molecule has 0 unspecified atom stereocenters. The van der Waals surface area contributed by atoms with E-state index in [4.69, 9.17) is 5.11 Å². The number of aliphatic hydroxyl groups excluding tert-OH is 3. The van der Waals surface area contributed by atoms with Gasteiger partial charge in [0.1, 0.15) is 11.6 Å². The van der Waals surface area contributed by atoms with Crippen molar-refractivity contribution in [3.63, 3.8) is 0 Å². The first-order chi connectivity index (χ1) is 17.5. The number of rotatable bonds is 8. The normalized spacial score (nSPS) is 15.9. The number of nitrogens with one attached hydrogen (secondary N) is 1. The van der Waals surface area contributed by atoms with Gasteiger partial charge in [-0.25, -0.2) is 19.0 Å². The van der Waals surface area contributed by atoms with E-state index in [2.05, 4.69) is 25.3 Å². The highest BCUT2D eigenvalue weighted by atomic mass is 19.1. The molecular weight excluding hydrogens is 463 g/mol. The number of hydrogen-bond donors (Lipinski definition) is 4. The fourth-order valence-corrected chi connectivity index (χ4v) is 4.62. The van der Waals surface area contributed by atoms with E-state index in [0.717, 1.165) is 31.3 Å². The molecule has 0 bridgehead atoms. The van der Waals surface area contributed by atoms with Gasteiger partial charge in [-0.3, -0.25) is 0 Å². The number of piperidine rings is 1. The van der Waals surface area contributed by atoms with Gasteiger partial charge in [0.15, 0.2) is 0 Å². The number of halogens is 1. The van der Waals surface area contributed by atoms with Crippen LogP contribution in [-0.2, 0) is 6.61 Å². The molecule has 188 valence electrons. The molecule has 5 rings (SSSR count). The molecule has 1 atom stereocenters. The van der Waals surface area contributed by atoms with Crippen molar-refractivity contribution in [1.82, 2.24) is 24.6 Å². The number of anilines is 2. The number of aromatic nitrogens is 4. The van der Waals surface area contributed by atoms with Gasteiger partial charge in [-0.2, -0.15) is 5.10 Å². The van der Waals surface area contributed by atoms with Gasteiger partial charge in [0.25, 0.3) is 0 Å². The number of fused-ring (bicyclic) bond motifs is 1. The number of aliphatic hydroxyl groups is 3. The minimum absolute atomic E-state index is 0.111. The van der Waals surface area contributed by atoms with E-state index in [0.29, 0.717) is 35.0 Å². The van der Waals surface area contributed by atoms with Crippen molar-refractivity contribution < 1.29 is 19.7 Å². The second kappa shape index (κ2) is 10.7. The predicted octanol–water partition coefficient (Wildman–Crippen LogP) is 2.93. The number of likely N-dealkylation sites (tertiary alicyclic amines) is 1.